The molecule has 0 bridgehead atoms. The summed E-state index contributed by atoms with van der Waals surface area (Å²) in [6, 6.07) is 2.23. The fraction of sp³-hybridized carbons (Fsp3) is 0.533. The second-order valence-electron chi connectivity index (χ2n) is 11.5. The normalized spacial score (nSPS) is 20.4. The van der Waals surface area contributed by atoms with Crippen molar-refractivity contribution in [2.75, 3.05) is 41.9 Å². The molecule has 1 saturated heterocycles. The maximum Gasteiger partial charge on any atom is 0.421 e. The van der Waals surface area contributed by atoms with Crippen molar-refractivity contribution in [3.05, 3.63) is 42.5 Å². The predicted octanol–water partition coefficient (Wildman–Crippen LogP) is 4.91. The van der Waals surface area contributed by atoms with E-state index in [9.17, 15) is 31.9 Å². The molecule has 0 spiro atoms. The van der Waals surface area contributed by atoms with Gasteiger partial charge in [0, 0.05) is 61.1 Å². The SMILES string of the molecule is COc1ncc(-c2ccc(N(C(=O)NCC(F)F)C3CCC(Nc4ncc(C(F)(F)F)c(N5CCCC(O)CC5)n4)CC3)nc2)cn1. The van der Waals surface area contributed by atoms with Crippen molar-refractivity contribution in [2.45, 2.75) is 75.7 Å². The highest BCUT2D eigenvalue weighted by Gasteiger charge is 2.38. The van der Waals surface area contributed by atoms with E-state index in [0.29, 0.717) is 62.6 Å². The minimum Gasteiger partial charge on any atom is -0.467 e. The standard InChI is InChI=1S/C30H36F5N9O3/c1-47-28-38-14-19(15-39-28)18-4-9-25(36-13-18)44(29(46)40-17-24(31)32)21-7-5-20(6-8-21)41-27-37-16-23(30(33,34)35)26(42-27)43-11-2-3-22(45)10-12-43/h4,9,13-16,20-22,24,45H,2-3,5-8,10-12,17H2,1H3,(H,40,46)(H,37,41,42). The van der Waals surface area contributed by atoms with Crippen molar-refractivity contribution in [1.82, 2.24) is 30.2 Å². The van der Waals surface area contributed by atoms with Gasteiger partial charge in [-0.1, -0.05) is 0 Å². The van der Waals surface area contributed by atoms with E-state index in [1.165, 1.54) is 18.2 Å². The van der Waals surface area contributed by atoms with Gasteiger partial charge in [-0.15, -0.1) is 0 Å². The molecular formula is C30H36F5N9O3. The molecule has 2 amide bonds. The van der Waals surface area contributed by atoms with Crippen LogP contribution in [-0.4, -0.2) is 87.4 Å². The number of methoxy groups -OCH3 is 1. The van der Waals surface area contributed by atoms with Gasteiger partial charge in [-0.3, -0.25) is 4.90 Å². The lowest BCUT2D eigenvalue weighted by molar-refractivity contribution is -0.137. The Balaban J connectivity index is 1.29. The third-order valence-electron chi connectivity index (χ3n) is 8.23. The molecule has 47 heavy (non-hydrogen) atoms. The Morgan fingerprint density at radius 3 is 2.36 bits per heavy atom. The van der Waals surface area contributed by atoms with Gasteiger partial charge in [0.15, 0.2) is 0 Å². The highest BCUT2D eigenvalue weighted by Crippen LogP contribution is 2.37. The Morgan fingerprint density at radius 2 is 1.72 bits per heavy atom. The minimum atomic E-state index is -4.65. The van der Waals surface area contributed by atoms with E-state index in [1.54, 1.807) is 29.4 Å². The van der Waals surface area contributed by atoms with Gasteiger partial charge in [0.25, 0.3) is 6.43 Å². The van der Waals surface area contributed by atoms with Gasteiger partial charge < -0.3 is 25.4 Å². The fourth-order valence-corrected chi connectivity index (χ4v) is 5.81. The second kappa shape index (κ2) is 15.0. The summed E-state index contributed by atoms with van der Waals surface area (Å²) in [7, 11) is 1.45. The van der Waals surface area contributed by atoms with Gasteiger partial charge in [-0.25, -0.2) is 33.5 Å². The van der Waals surface area contributed by atoms with Crippen molar-refractivity contribution >= 4 is 23.6 Å². The quantitative estimate of drug-likeness (QED) is 0.270. The summed E-state index contributed by atoms with van der Waals surface area (Å²) in [5.74, 6) is 0.0903. The molecule has 2 aliphatic rings. The number of aliphatic hydroxyl groups is 1. The van der Waals surface area contributed by atoms with E-state index in [4.69, 9.17) is 4.74 Å². The largest absolute Gasteiger partial charge is 0.467 e. The van der Waals surface area contributed by atoms with E-state index in [0.717, 1.165) is 6.20 Å². The van der Waals surface area contributed by atoms with E-state index in [2.05, 4.69) is 35.6 Å². The average molecular weight is 666 g/mol. The number of aromatic nitrogens is 5. The van der Waals surface area contributed by atoms with Crippen molar-refractivity contribution in [1.29, 1.82) is 0 Å². The van der Waals surface area contributed by atoms with Gasteiger partial charge in [0.2, 0.25) is 5.95 Å². The first kappa shape index (κ1) is 33.9. The first-order valence-corrected chi connectivity index (χ1v) is 15.3. The molecule has 0 radical (unpaired) electrons. The lowest BCUT2D eigenvalue weighted by Crippen LogP contribution is -2.50. The van der Waals surface area contributed by atoms with Gasteiger partial charge in [0.05, 0.1) is 19.8 Å². The smallest absolute Gasteiger partial charge is 0.421 e. The molecule has 1 atom stereocenters. The first-order valence-electron chi connectivity index (χ1n) is 15.3. The molecule has 4 heterocycles. The molecule has 3 N–H and O–H groups in total. The topological polar surface area (TPSA) is 142 Å². The molecule has 1 saturated carbocycles. The van der Waals surface area contributed by atoms with Crippen LogP contribution in [0.2, 0.25) is 0 Å². The number of carbonyl (C=O) groups excluding carboxylic acids is 1. The van der Waals surface area contributed by atoms with E-state index < -0.39 is 36.8 Å². The lowest BCUT2D eigenvalue weighted by atomic mass is 9.90. The van der Waals surface area contributed by atoms with Gasteiger partial charge in [-0.2, -0.15) is 18.2 Å². The molecular weight excluding hydrogens is 629 g/mol. The molecule has 1 unspecified atom stereocenters. The summed E-state index contributed by atoms with van der Waals surface area (Å²) in [4.78, 5) is 36.9. The van der Waals surface area contributed by atoms with Crippen LogP contribution in [0.3, 0.4) is 0 Å². The highest BCUT2D eigenvalue weighted by atomic mass is 19.4. The summed E-state index contributed by atoms with van der Waals surface area (Å²) in [6.45, 7) is -0.261. The Kier molecular flexibility index (Phi) is 10.8. The van der Waals surface area contributed by atoms with Crippen LogP contribution in [0.1, 0.15) is 50.5 Å². The Labute approximate surface area is 267 Å². The van der Waals surface area contributed by atoms with Gasteiger partial charge >= 0.3 is 18.2 Å². The second-order valence-corrected chi connectivity index (χ2v) is 11.5. The summed E-state index contributed by atoms with van der Waals surface area (Å²) in [5, 5.41) is 15.4. The first-order chi connectivity index (χ1) is 22.5. The molecule has 17 heteroatoms. The third kappa shape index (κ3) is 8.69. The summed E-state index contributed by atoms with van der Waals surface area (Å²) < 4.78 is 72.5. The average Bonchev–Trinajstić information content (AvgIpc) is 3.28. The minimum absolute atomic E-state index is 0.0487. The molecule has 12 nitrogen and oxygen atoms in total. The van der Waals surface area contributed by atoms with Crippen molar-refractivity contribution in [2.24, 2.45) is 0 Å². The number of carbonyl (C=O) groups is 1. The number of nitrogens with one attached hydrogen (secondary N) is 2. The summed E-state index contributed by atoms with van der Waals surface area (Å²) >= 11 is 0. The monoisotopic (exact) mass is 665 g/mol. The predicted molar refractivity (Wildman–Crippen MR) is 162 cm³/mol. The Bertz CT molecular complexity index is 1470. The van der Waals surface area contributed by atoms with E-state index in [1.807, 2.05) is 0 Å². The maximum absolute atomic E-state index is 13.9. The number of hydrogen-bond donors (Lipinski definition) is 3. The van der Waals surface area contributed by atoms with E-state index in [-0.39, 0.29) is 42.2 Å². The highest BCUT2D eigenvalue weighted by molar-refractivity contribution is 5.91. The third-order valence-corrected chi connectivity index (χ3v) is 8.23. The van der Waals surface area contributed by atoms with Crippen LogP contribution in [0.25, 0.3) is 11.1 Å². The van der Waals surface area contributed by atoms with Crippen molar-refractivity contribution in [3.63, 3.8) is 0 Å². The number of alkyl halides is 5. The lowest BCUT2D eigenvalue weighted by Gasteiger charge is -2.36. The Hall–Kier alpha value is -4.41. The zero-order valence-electron chi connectivity index (χ0n) is 25.6. The van der Waals surface area contributed by atoms with Gasteiger partial charge in [0.1, 0.15) is 17.2 Å². The maximum atomic E-state index is 13.9. The molecule has 254 valence electrons. The molecule has 3 aromatic heterocycles. The number of anilines is 3. The molecule has 3 aromatic rings. The number of aliphatic hydroxyl groups excluding tert-OH is 1. The van der Waals surface area contributed by atoms with Crippen LogP contribution in [0.15, 0.2) is 36.9 Å². The zero-order chi connectivity index (χ0) is 33.6. The molecule has 0 aromatic carbocycles. The number of nitrogens with zero attached hydrogens (tertiary/aromatic N) is 7. The van der Waals surface area contributed by atoms with Crippen LogP contribution in [0, 0.1) is 0 Å². The number of rotatable bonds is 9. The fourth-order valence-electron chi connectivity index (χ4n) is 5.81. The zero-order valence-corrected chi connectivity index (χ0v) is 25.6. The Morgan fingerprint density at radius 1 is 1.00 bits per heavy atom. The number of halogens is 5. The molecule has 1 aliphatic heterocycles. The molecule has 1 aliphatic carbocycles. The van der Waals surface area contributed by atoms with Crippen LogP contribution in [0.5, 0.6) is 6.01 Å². The summed E-state index contributed by atoms with van der Waals surface area (Å²) in [6.07, 6.45) is 0.749. The van der Waals surface area contributed by atoms with Crippen molar-refractivity contribution < 1.29 is 36.6 Å². The van der Waals surface area contributed by atoms with Crippen LogP contribution >= 0.6 is 0 Å². The van der Waals surface area contributed by atoms with Gasteiger partial charge in [-0.05, 0) is 57.1 Å². The van der Waals surface area contributed by atoms with Crippen LogP contribution in [0.4, 0.5) is 44.3 Å². The number of urea groups is 1. The van der Waals surface area contributed by atoms with Crippen molar-refractivity contribution in [3.8, 4) is 17.1 Å². The summed E-state index contributed by atoms with van der Waals surface area (Å²) in [5.41, 5.74) is 0.392. The van der Waals surface area contributed by atoms with Crippen LogP contribution < -0.4 is 25.2 Å². The molecule has 2 fully saturated rings. The van der Waals surface area contributed by atoms with Crippen LogP contribution in [-0.2, 0) is 6.18 Å². The number of hydrogen-bond acceptors (Lipinski definition) is 10. The number of amides is 2. The molecule has 5 rings (SSSR count). The number of pyridine rings is 1. The number of ether oxygens (including phenoxy) is 1. The van der Waals surface area contributed by atoms with E-state index >= 15 is 0 Å².